The number of hydrogen-bond acceptors (Lipinski definition) is 6. The summed E-state index contributed by atoms with van der Waals surface area (Å²) in [6.07, 6.45) is 4.44. The molecule has 4 rings (SSSR count). The van der Waals surface area contributed by atoms with Crippen LogP contribution in [-0.2, 0) is 11.3 Å². The molecule has 128 valence electrons. The second-order valence-electron chi connectivity index (χ2n) is 6.59. The maximum absolute atomic E-state index is 11.7. The molecule has 0 spiro atoms. The Kier molecular flexibility index (Phi) is 3.88. The van der Waals surface area contributed by atoms with E-state index < -0.39 is 0 Å². The highest BCUT2D eigenvalue weighted by atomic mass is 16.5. The Hall–Kier alpha value is -2.88. The fraction of sp³-hybridized carbons (Fsp3) is 0.444. The first-order chi connectivity index (χ1) is 12.2. The summed E-state index contributed by atoms with van der Waals surface area (Å²) in [7, 11) is 0. The van der Waals surface area contributed by atoms with Crippen LogP contribution in [0.3, 0.4) is 0 Å². The third-order valence-electron chi connectivity index (χ3n) is 4.83. The fourth-order valence-electron chi connectivity index (χ4n) is 3.45. The van der Waals surface area contributed by atoms with Crippen LogP contribution >= 0.6 is 0 Å². The highest BCUT2D eigenvalue weighted by molar-refractivity contribution is 5.88. The molecule has 1 aliphatic heterocycles. The van der Waals surface area contributed by atoms with Crippen molar-refractivity contribution >= 4 is 11.7 Å². The van der Waals surface area contributed by atoms with Gasteiger partial charge in [0, 0.05) is 19.3 Å². The Balaban J connectivity index is 1.49. The van der Waals surface area contributed by atoms with Gasteiger partial charge in [0.15, 0.2) is 5.69 Å². The molecule has 0 aromatic carbocycles. The van der Waals surface area contributed by atoms with E-state index in [1.165, 1.54) is 12.6 Å². The van der Waals surface area contributed by atoms with Crippen LogP contribution in [0, 0.1) is 23.2 Å². The Labute approximate surface area is 145 Å². The first-order valence-corrected chi connectivity index (χ1v) is 8.52. The number of anilines is 1. The Morgan fingerprint density at radius 1 is 1.40 bits per heavy atom. The second kappa shape index (κ2) is 6.20. The largest absolute Gasteiger partial charge is 0.462 e. The van der Waals surface area contributed by atoms with Crippen LogP contribution in [0.4, 0.5) is 5.69 Å². The van der Waals surface area contributed by atoms with Gasteiger partial charge in [-0.3, -0.25) is 4.68 Å². The standard InChI is InChI=1S/C18H19N5O2/c1-2-25-18(24)14-7-20-23(10-14)11-15-3-4-17(16(6-19)21-15)22-8-12-5-13(12)9-22/h3-4,7,10,12-13H,2,5,8-9,11H2,1H3. The minimum Gasteiger partial charge on any atom is -0.462 e. The molecule has 1 saturated carbocycles. The molecule has 2 aliphatic rings. The molecule has 3 heterocycles. The average Bonchev–Trinajstić information content (AvgIpc) is 3.01. The molecule has 0 bridgehead atoms. The lowest BCUT2D eigenvalue weighted by Crippen LogP contribution is -2.23. The SMILES string of the molecule is CCOC(=O)c1cnn(Cc2ccc(N3CC4CC4C3)c(C#N)n2)c1. The van der Waals surface area contributed by atoms with Gasteiger partial charge in [-0.25, -0.2) is 9.78 Å². The number of ether oxygens (including phenoxy) is 1. The van der Waals surface area contributed by atoms with Crippen molar-refractivity contribution in [3.8, 4) is 6.07 Å². The van der Waals surface area contributed by atoms with E-state index in [9.17, 15) is 10.1 Å². The topological polar surface area (TPSA) is 84.0 Å². The van der Waals surface area contributed by atoms with Crippen LogP contribution in [0.2, 0.25) is 0 Å². The van der Waals surface area contributed by atoms with Crippen LogP contribution in [0.1, 0.15) is 35.1 Å². The molecule has 1 saturated heterocycles. The highest BCUT2D eigenvalue weighted by Crippen LogP contribution is 2.46. The zero-order valence-electron chi connectivity index (χ0n) is 14.1. The monoisotopic (exact) mass is 337 g/mol. The zero-order valence-corrected chi connectivity index (χ0v) is 14.1. The second-order valence-corrected chi connectivity index (χ2v) is 6.59. The number of rotatable bonds is 5. The van der Waals surface area contributed by atoms with Gasteiger partial charge in [-0.2, -0.15) is 10.4 Å². The molecule has 1 aliphatic carbocycles. The van der Waals surface area contributed by atoms with Gasteiger partial charge in [-0.15, -0.1) is 0 Å². The van der Waals surface area contributed by atoms with E-state index in [2.05, 4.69) is 21.1 Å². The molecule has 7 heteroatoms. The van der Waals surface area contributed by atoms with E-state index in [1.54, 1.807) is 17.8 Å². The van der Waals surface area contributed by atoms with Crippen molar-refractivity contribution < 1.29 is 9.53 Å². The number of carbonyl (C=O) groups excluding carboxylic acids is 1. The maximum atomic E-state index is 11.7. The Morgan fingerprint density at radius 3 is 2.92 bits per heavy atom. The van der Waals surface area contributed by atoms with Crippen molar-refractivity contribution in [2.24, 2.45) is 11.8 Å². The summed E-state index contributed by atoms with van der Waals surface area (Å²) in [4.78, 5) is 18.4. The number of carbonyl (C=O) groups is 1. The van der Waals surface area contributed by atoms with Crippen molar-refractivity contribution in [3.63, 3.8) is 0 Å². The van der Waals surface area contributed by atoms with Gasteiger partial charge in [0.05, 0.1) is 36.3 Å². The van der Waals surface area contributed by atoms with Crippen molar-refractivity contribution in [3.05, 3.63) is 41.5 Å². The molecular formula is C18H19N5O2. The van der Waals surface area contributed by atoms with Crippen LogP contribution in [0.5, 0.6) is 0 Å². The summed E-state index contributed by atoms with van der Waals surface area (Å²) in [5.74, 6) is 1.22. The lowest BCUT2D eigenvalue weighted by molar-refractivity contribution is 0.0526. The lowest BCUT2D eigenvalue weighted by atomic mass is 10.2. The van der Waals surface area contributed by atoms with Crippen LogP contribution in [-0.4, -0.2) is 40.4 Å². The van der Waals surface area contributed by atoms with Gasteiger partial charge >= 0.3 is 5.97 Å². The molecule has 0 N–H and O–H groups in total. The first kappa shape index (κ1) is 15.6. The summed E-state index contributed by atoms with van der Waals surface area (Å²) < 4.78 is 6.58. The number of nitriles is 1. The first-order valence-electron chi connectivity index (χ1n) is 8.52. The summed E-state index contributed by atoms with van der Waals surface area (Å²) >= 11 is 0. The van der Waals surface area contributed by atoms with E-state index in [4.69, 9.17) is 4.74 Å². The number of pyridine rings is 1. The third kappa shape index (κ3) is 3.07. The van der Waals surface area contributed by atoms with E-state index in [-0.39, 0.29) is 5.97 Å². The van der Waals surface area contributed by atoms with Crippen molar-refractivity contribution in [1.82, 2.24) is 14.8 Å². The van der Waals surface area contributed by atoms with E-state index >= 15 is 0 Å². The van der Waals surface area contributed by atoms with E-state index in [0.29, 0.717) is 24.4 Å². The average molecular weight is 337 g/mol. The molecule has 2 atom stereocenters. The minimum absolute atomic E-state index is 0.330. The quantitative estimate of drug-likeness (QED) is 0.774. The van der Waals surface area contributed by atoms with Crippen LogP contribution < -0.4 is 4.90 Å². The highest BCUT2D eigenvalue weighted by Gasteiger charge is 2.45. The lowest BCUT2D eigenvalue weighted by Gasteiger charge is -2.21. The number of nitrogens with zero attached hydrogens (tertiary/aromatic N) is 5. The third-order valence-corrected chi connectivity index (χ3v) is 4.83. The van der Waals surface area contributed by atoms with Crippen molar-refractivity contribution in [1.29, 1.82) is 5.26 Å². The maximum Gasteiger partial charge on any atom is 0.341 e. The summed E-state index contributed by atoms with van der Waals surface area (Å²) in [5.41, 5.74) is 2.53. The molecule has 2 fully saturated rings. The van der Waals surface area contributed by atoms with Crippen molar-refractivity contribution in [2.75, 3.05) is 24.6 Å². The predicted octanol–water partition coefficient (Wildman–Crippen LogP) is 1.83. The smallest absolute Gasteiger partial charge is 0.341 e. The van der Waals surface area contributed by atoms with Gasteiger partial charge in [0.1, 0.15) is 6.07 Å². The molecule has 0 amide bonds. The Bertz CT molecular complexity index is 843. The van der Waals surface area contributed by atoms with E-state index in [0.717, 1.165) is 36.3 Å². The van der Waals surface area contributed by atoms with Crippen molar-refractivity contribution in [2.45, 2.75) is 19.9 Å². The van der Waals surface area contributed by atoms with Gasteiger partial charge in [-0.05, 0) is 37.3 Å². The minimum atomic E-state index is -0.387. The number of fused-ring (bicyclic) bond motifs is 1. The van der Waals surface area contributed by atoms with Gasteiger partial charge in [0.2, 0.25) is 0 Å². The molecule has 0 radical (unpaired) electrons. The van der Waals surface area contributed by atoms with Crippen LogP contribution in [0.25, 0.3) is 0 Å². The van der Waals surface area contributed by atoms with Gasteiger partial charge < -0.3 is 9.64 Å². The summed E-state index contributed by atoms with van der Waals surface area (Å²) in [6.45, 7) is 4.56. The normalized spacial score (nSPS) is 20.9. The summed E-state index contributed by atoms with van der Waals surface area (Å²) in [5, 5.41) is 13.6. The fourth-order valence-corrected chi connectivity index (χ4v) is 3.45. The number of aromatic nitrogens is 3. The van der Waals surface area contributed by atoms with Gasteiger partial charge in [0.25, 0.3) is 0 Å². The van der Waals surface area contributed by atoms with Gasteiger partial charge in [-0.1, -0.05) is 0 Å². The molecule has 2 aromatic heterocycles. The predicted molar refractivity (Wildman–Crippen MR) is 90.0 cm³/mol. The molecular weight excluding hydrogens is 318 g/mol. The summed E-state index contributed by atoms with van der Waals surface area (Å²) in [6, 6.07) is 6.11. The van der Waals surface area contributed by atoms with Crippen LogP contribution in [0.15, 0.2) is 24.5 Å². The number of esters is 1. The zero-order chi connectivity index (χ0) is 17.4. The molecule has 7 nitrogen and oxygen atoms in total. The molecule has 25 heavy (non-hydrogen) atoms. The number of piperidine rings is 1. The van der Waals surface area contributed by atoms with E-state index in [1.807, 2.05) is 12.1 Å². The molecule has 2 aromatic rings. The Morgan fingerprint density at radius 2 is 2.20 bits per heavy atom. The molecule has 2 unspecified atom stereocenters. The number of hydrogen-bond donors (Lipinski definition) is 0.